The minimum absolute atomic E-state index is 0.0282. The number of nitrogen functional groups attached to an aromatic ring is 1. The highest BCUT2D eigenvalue weighted by Gasteiger charge is 2.17. The molecule has 0 aromatic carbocycles. The van der Waals surface area contributed by atoms with Crippen molar-refractivity contribution in [1.82, 2.24) is 14.8 Å². The second-order valence-electron chi connectivity index (χ2n) is 3.60. The van der Waals surface area contributed by atoms with Crippen LogP contribution in [0.15, 0.2) is 12.3 Å². The van der Waals surface area contributed by atoms with Crippen molar-refractivity contribution in [2.45, 2.75) is 0 Å². The molecule has 0 radical (unpaired) electrons. The van der Waals surface area contributed by atoms with Crippen LogP contribution in [0.5, 0.6) is 0 Å². The summed E-state index contributed by atoms with van der Waals surface area (Å²) in [6, 6.07) is 1.59. The van der Waals surface area contributed by atoms with Gasteiger partial charge in [0.05, 0.1) is 12.2 Å². The number of nitrogens with one attached hydrogen (secondary N) is 1. The van der Waals surface area contributed by atoms with Crippen LogP contribution in [0.1, 0.15) is 10.5 Å². The third-order valence-electron chi connectivity index (χ3n) is 2.25. The molecular formula is C10H16N4O2. The van der Waals surface area contributed by atoms with Crippen molar-refractivity contribution in [2.75, 3.05) is 26.4 Å². The number of amides is 2. The van der Waals surface area contributed by atoms with Gasteiger partial charge in [0.2, 0.25) is 5.91 Å². The van der Waals surface area contributed by atoms with Gasteiger partial charge < -0.3 is 20.5 Å². The van der Waals surface area contributed by atoms with Crippen LogP contribution in [-0.4, -0.2) is 41.9 Å². The fourth-order valence-electron chi connectivity index (χ4n) is 1.36. The minimum atomic E-state index is -0.234. The number of carbonyl (C=O) groups excluding carboxylic acids is 2. The molecule has 0 saturated heterocycles. The second kappa shape index (κ2) is 4.69. The molecule has 1 rings (SSSR count). The van der Waals surface area contributed by atoms with Gasteiger partial charge in [-0.2, -0.15) is 0 Å². The number of likely N-dealkylation sites (N-methyl/N-ethyl adjacent to an activating group) is 2. The number of anilines is 1. The van der Waals surface area contributed by atoms with Gasteiger partial charge in [0.25, 0.3) is 5.91 Å². The van der Waals surface area contributed by atoms with Gasteiger partial charge in [0, 0.05) is 27.3 Å². The fourth-order valence-corrected chi connectivity index (χ4v) is 1.36. The standard InChI is InChI=1S/C10H16N4O2/c1-12-9(15)6-14(3)10(16)8-4-7(11)5-13(8)2/h4-5H,6,11H2,1-3H3,(H,12,15). The van der Waals surface area contributed by atoms with Crippen LogP contribution in [0.2, 0.25) is 0 Å². The van der Waals surface area contributed by atoms with Gasteiger partial charge in [-0.15, -0.1) is 0 Å². The Morgan fingerprint density at radius 2 is 2.19 bits per heavy atom. The van der Waals surface area contributed by atoms with Gasteiger partial charge in [-0.25, -0.2) is 0 Å². The summed E-state index contributed by atoms with van der Waals surface area (Å²) >= 11 is 0. The van der Waals surface area contributed by atoms with E-state index in [-0.39, 0.29) is 18.4 Å². The van der Waals surface area contributed by atoms with Crippen LogP contribution in [-0.2, 0) is 11.8 Å². The van der Waals surface area contributed by atoms with Gasteiger partial charge in [0.15, 0.2) is 0 Å². The molecule has 6 nitrogen and oxygen atoms in total. The molecule has 1 aromatic heterocycles. The zero-order valence-corrected chi connectivity index (χ0v) is 9.65. The summed E-state index contributed by atoms with van der Waals surface area (Å²) in [6.07, 6.45) is 1.65. The van der Waals surface area contributed by atoms with Crippen LogP contribution in [0.4, 0.5) is 5.69 Å². The molecule has 2 amide bonds. The number of hydrogen-bond acceptors (Lipinski definition) is 3. The van der Waals surface area contributed by atoms with E-state index in [9.17, 15) is 9.59 Å². The van der Waals surface area contributed by atoms with Crippen LogP contribution in [0, 0.1) is 0 Å². The Kier molecular flexibility index (Phi) is 3.55. The van der Waals surface area contributed by atoms with E-state index in [0.29, 0.717) is 11.4 Å². The second-order valence-corrected chi connectivity index (χ2v) is 3.60. The van der Waals surface area contributed by atoms with Crippen molar-refractivity contribution in [3.8, 4) is 0 Å². The van der Waals surface area contributed by atoms with Crippen LogP contribution in [0.25, 0.3) is 0 Å². The SMILES string of the molecule is CNC(=O)CN(C)C(=O)c1cc(N)cn1C. The first-order chi connectivity index (χ1) is 7.45. The summed E-state index contributed by atoms with van der Waals surface area (Å²) in [4.78, 5) is 24.4. The number of aryl methyl sites for hydroxylation is 1. The minimum Gasteiger partial charge on any atom is -0.397 e. The van der Waals surface area contributed by atoms with Gasteiger partial charge in [-0.3, -0.25) is 9.59 Å². The zero-order valence-electron chi connectivity index (χ0n) is 9.65. The summed E-state index contributed by atoms with van der Waals surface area (Å²) in [5.41, 5.74) is 6.56. The van der Waals surface area contributed by atoms with E-state index in [1.165, 1.54) is 11.9 Å². The summed E-state index contributed by atoms with van der Waals surface area (Å²) < 4.78 is 1.64. The van der Waals surface area contributed by atoms with E-state index < -0.39 is 0 Å². The van der Waals surface area contributed by atoms with Gasteiger partial charge >= 0.3 is 0 Å². The maximum Gasteiger partial charge on any atom is 0.270 e. The number of carbonyl (C=O) groups is 2. The Bertz CT molecular complexity index is 411. The van der Waals surface area contributed by atoms with Gasteiger partial charge in [-0.1, -0.05) is 0 Å². The molecule has 0 atom stereocenters. The lowest BCUT2D eigenvalue weighted by molar-refractivity contribution is -0.121. The van der Waals surface area contributed by atoms with Crippen molar-refractivity contribution in [1.29, 1.82) is 0 Å². The lowest BCUT2D eigenvalue weighted by atomic mass is 10.3. The zero-order chi connectivity index (χ0) is 12.3. The third-order valence-corrected chi connectivity index (χ3v) is 2.25. The van der Waals surface area contributed by atoms with E-state index >= 15 is 0 Å². The highest BCUT2D eigenvalue weighted by Crippen LogP contribution is 2.10. The summed E-state index contributed by atoms with van der Waals surface area (Å²) in [6.45, 7) is 0.0282. The van der Waals surface area contributed by atoms with Crippen molar-refractivity contribution < 1.29 is 9.59 Å². The van der Waals surface area contributed by atoms with Crippen molar-refractivity contribution in [3.63, 3.8) is 0 Å². The lowest BCUT2D eigenvalue weighted by Crippen LogP contribution is -2.37. The predicted octanol–water partition coefficient (Wildman–Crippen LogP) is -0.575. The molecule has 0 bridgehead atoms. The molecule has 3 N–H and O–H groups in total. The van der Waals surface area contributed by atoms with Crippen LogP contribution in [0.3, 0.4) is 0 Å². The first-order valence-corrected chi connectivity index (χ1v) is 4.83. The number of nitrogens with zero attached hydrogens (tertiary/aromatic N) is 2. The van der Waals surface area contributed by atoms with E-state index in [0.717, 1.165) is 0 Å². The lowest BCUT2D eigenvalue weighted by Gasteiger charge is -2.16. The predicted molar refractivity (Wildman–Crippen MR) is 60.9 cm³/mol. The summed E-state index contributed by atoms with van der Waals surface area (Å²) in [5.74, 6) is -0.444. The van der Waals surface area contributed by atoms with Crippen molar-refractivity contribution >= 4 is 17.5 Å². The average Bonchev–Trinajstić information content (AvgIpc) is 2.56. The molecule has 0 aliphatic carbocycles. The third kappa shape index (κ3) is 2.53. The molecule has 16 heavy (non-hydrogen) atoms. The Labute approximate surface area is 94.0 Å². The Hall–Kier alpha value is -1.98. The Morgan fingerprint density at radius 3 is 2.62 bits per heavy atom. The monoisotopic (exact) mass is 224 g/mol. The first-order valence-electron chi connectivity index (χ1n) is 4.83. The summed E-state index contributed by atoms with van der Waals surface area (Å²) in [7, 11) is 4.83. The highest BCUT2D eigenvalue weighted by molar-refractivity contribution is 5.95. The quantitative estimate of drug-likeness (QED) is 0.721. The molecule has 0 spiro atoms. The molecule has 6 heteroatoms. The van der Waals surface area contributed by atoms with Gasteiger partial charge in [0.1, 0.15) is 5.69 Å². The molecule has 0 unspecified atom stereocenters. The first kappa shape index (κ1) is 12.1. The Balaban J connectivity index is 2.78. The topological polar surface area (TPSA) is 80.4 Å². The number of aromatic nitrogens is 1. The maximum atomic E-state index is 11.9. The molecule has 0 aliphatic rings. The molecule has 0 fully saturated rings. The highest BCUT2D eigenvalue weighted by atomic mass is 16.2. The fraction of sp³-hybridized carbons (Fsp3) is 0.400. The largest absolute Gasteiger partial charge is 0.397 e. The van der Waals surface area contributed by atoms with Crippen LogP contribution < -0.4 is 11.1 Å². The number of nitrogens with two attached hydrogens (primary N) is 1. The molecule has 1 heterocycles. The number of hydrogen-bond donors (Lipinski definition) is 2. The molecule has 1 aromatic rings. The van der Waals surface area contributed by atoms with Crippen LogP contribution >= 0.6 is 0 Å². The maximum absolute atomic E-state index is 11.9. The summed E-state index contributed by atoms with van der Waals surface area (Å²) in [5, 5.41) is 2.46. The molecule has 88 valence electrons. The van der Waals surface area contributed by atoms with Crippen molar-refractivity contribution in [3.05, 3.63) is 18.0 Å². The van der Waals surface area contributed by atoms with E-state index in [1.807, 2.05) is 0 Å². The normalized spacial score (nSPS) is 9.94. The smallest absolute Gasteiger partial charge is 0.270 e. The van der Waals surface area contributed by atoms with E-state index in [2.05, 4.69) is 5.32 Å². The van der Waals surface area contributed by atoms with E-state index in [1.54, 1.807) is 30.9 Å². The Morgan fingerprint density at radius 1 is 1.56 bits per heavy atom. The number of rotatable bonds is 3. The average molecular weight is 224 g/mol. The van der Waals surface area contributed by atoms with Gasteiger partial charge in [-0.05, 0) is 6.07 Å². The molecular weight excluding hydrogens is 208 g/mol. The van der Waals surface area contributed by atoms with E-state index in [4.69, 9.17) is 5.73 Å². The van der Waals surface area contributed by atoms with Crippen molar-refractivity contribution in [2.24, 2.45) is 7.05 Å². The molecule has 0 saturated carbocycles. The molecule has 0 aliphatic heterocycles.